The first-order valence-corrected chi connectivity index (χ1v) is 4.17. The third-order valence-corrected chi connectivity index (χ3v) is 1.81. The van der Waals surface area contributed by atoms with E-state index in [4.69, 9.17) is 5.90 Å². The Bertz CT molecular complexity index is 399. The highest BCUT2D eigenvalue weighted by Crippen LogP contribution is 2.08. The maximum Gasteiger partial charge on any atom is 0.0930 e. The summed E-state index contributed by atoms with van der Waals surface area (Å²) in [6.45, 7) is 0.384. The van der Waals surface area contributed by atoms with E-state index in [9.17, 15) is 0 Å². The molecule has 1 heterocycles. The molecule has 0 aliphatic rings. The van der Waals surface area contributed by atoms with Gasteiger partial charge in [-0.15, -0.1) is 0 Å². The Morgan fingerprint density at radius 3 is 2.79 bits per heavy atom. The summed E-state index contributed by atoms with van der Waals surface area (Å²) in [7, 11) is 0. The summed E-state index contributed by atoms with van der Waals surface area (Å²) in [5, 5.41) is 8.04. The van der Waals surface area contributed by atoms with Crippen LogP contribution in [0.5, 0.6) is 0 Å². The van der Waals surface area contributed by atoms with Crippen molar-refractivity contribution in [2.75, 3.05) is 0 Å². The van der Waals surface area contributed by atoms with Crippen molar-refractivity contribution in [3.63, 3.8) is 0 Å². The number of hydrogen-bond donors (Lipinski definition) is 1. The van der Waals surface area contributed by atoms with E-state index >= 15 is 0 Å². The summed E-state index contributed by atoms with van der Waals surface area (Å²) < 4.78 is 0. The van der Waals surface area contributed by atoms with E-state index in [-0.39, 0.29) is 0 Å². The van der Waals surface area contributed by atoms with Gasteiger partial charge in [-0.25, -0.2) is 5.90 Å². The second-order valence-electron chi connectivity index (χ2n) is 2.80. The number of hydrogen-bond acceptors (Lipinski definition) is 4. The molecule has 1 aromatic carbocycles. The average molecular weight is 190 g/mol. The summed E-state index contributed by atoms with van der Waals surface area (Å²) in [4.78, 5) is 6.09. The summed E-state index contributed by atoms with van der Waals surface area (Å²) in [6.07, 6.45) is 3.26. The second kappa shape index (κ2) is 3.99. The molecular formula is C9H10N4O. The Balaban J connectivity index is 2.31. The van der Waals surface area contributed by atoms with Crippen LogP contribution >= 0.6 is 0 Å². The molecule has 72 valence electrons. The fraction of sp³-hybridized carbons (Fsp3) is 0.111. The van der Waals surface area contributed by atoms with Crippen LogP contribution in [0.4, 0.5) is 0 Å². The van der Waals surface area contributed by atoms with Gasteiger partial charge in [0, 0.05) is 0 Å². The Labute approximate surface area is 81.1 Å². The lowest BCUT2D eigenvalue weighted by molar-refractivity contribution is 0.124. The highest BCUT2D eigenvalue weighted by molar-refractivity contribution is 5.33. The summed E-state index contributed by atoms with van der Waals surface area (Å²) in [6, 6.07) is 7.68. The molecule has 0 radical (unpaired) electrons. The zero-order valence-electron chi connectivity index (χ0n) is 7.50. The molecule has 5 nitrogen and oxygen atoms in total. The van der Waals surface area contributed by atoms with Crippen LogP contribution in [-0.2, 0) is 11.4 Å². The predicted molar refractivity (Wildman–Crippen MR) is 50.3 cm³/mol. The largest absolute Gasteiger partial charge is 0.300 e. The molecule has 0 bridgehead atoms. The molecule has 14 heavy (non-hydrogen) atoms. The molecule has 2 aromatic rings. The third kappa shape index (κ3) is 1.78. The van der Waals surface area contributed by atoms with Gasteiger partial charge in [-0.3, -0.25) is 4.84 Å². The third-order valence-electron chi connectivity index (χ3n) is 1.81. The maximum atomic E-state index is 4.99. The van der Waals surface area contributed by atoms with Gasteiger partial charge in [0.05, 0.1) is 24.7 Å². The van der Waals surface area contributed by atoms with Gasteiger partial charge in [0.15, 0.2) is 0 Å². The molecule has 0 aliphatic carbocycles. The van der Waals surface area contributed by atoms with Crippen LogP contribution in [0.3, 0.4) is 0 Å². The molecule has 0 fully saturated rings. The zero-order chi connectivity index (χ0) is 9.80. The summed E-state index contributed by atoms with van der Waals surface area (Å²) in [5.74, 6) is 4.99. The minimum Gasteiger partial charge on any atom is -0.300 e. The molecule has 2 rings (SSSR count). The Morgan fingerprint density at radius 1 is 1.29 bits per heavy atom. The topological polar surface area (TPSA) is 66.0 Å². The Hall–Kier alpha value is -1.72. The standard InChI is InChI=1S/C9H10N4O/c10-14-7-8-2-1-3-9(6-8)13-11-4-5-12-13/h1-6H,7,10H2. The van der Waals surface area contributed by atoms with E-state index in [1.54, 1.807) is 17.2 Å². The van der Waals surface area contributed by atoms with Gasteiger partial charge in [-0.05, 0) is 17.7 Å². The molecule has 1 aromatic heterocycles. The summed E-state index contributed by atoms with van der Waals surface area (Å²) in [5.41, 5.74) is 1.88. The van der Waals surface area contributed by atoms with Crippen molar-refractivity contribution < 1.29 is 4.84 Å². The summed E-state index contributed by atoms with van der Waals surface area (Å²) >= 11 is 0. The van der Waals surface area contributed by atoms with Crippen LogP contribution in [0, 0.1) is 0 Å². The molecule has 0 saturated carbocycles. The van der Waals surface area contributed by atoms with Crippen LogP contribution < -0.4 is 5.90 Å². The van der Waals surface area contributed by atoms with Gasteiger partial charge in [-0.1, -0.05) is 12.1 Å². The lowest BCUT2D eigenvalue weighted by Crippen LogP contribution is -2.02. The van der Waals surface area contributed by atoms with Gasteiger partial charge in [0.2, 0.25) is 0 Å². The number of benzene rings is 1. The first kappa shape index (κ1) is 8.86. The van der Waals surface area contributed by atoms with Crippen molar-refractivity contribution in [3.05, 3.63) is 42.2 Å². The lowest BCUT2D eigenvalue weighted by atomic mass is 10.2. The minimum atomic E-state index is 0.384. The van der Waals surface area contributed by atoms with Gasteiger partial charge >= 0.3 is 0 Å². The molecule has 5 heteroatoms. The van der Waals surface area contributed by atoms with Gasteiger partial charge in [0.25, 0.3) is 0 Å². The van der Waals surface area contributed by atoms with Crippen molar-refractivity contribution in [2.45, 2.75) is 6.61 Å². The SMILES string of the molecule is NOCc1cccc(-n2nccn2)c1. The van der Waals surface area contributed by atoms with Crippen LogP contribution in [0.1, 0.15) is 5.56 Å². The monoisotopic (exact) mass is 190 g/mol. The highest BCUT2D eigenvalue weighted by atomic mass is 16.6. The molecule has 0 unspecified atom stereocenters. The quantitative estimate of drug-likeness (QED) is 0.722. The van der Waals surface area contributed by atoms with E-state index in [0.717, 1.165) is 11.3 Å². The smallest absolute Gasteiger partial charge is 0.0930 e. The van der Waals surface area contributed by atoms with Crippen LogP contribution in [0.2, 0.25) is 0 Å². The number of nitrogens with zero attached hydrogens (tertiary/aromatic N) is 3. The van der Waals surface area contributed by atoms with Crippen molar-refractivity contribution >= 4 is 0 Å². The molecule has 0 spiro atoms. The maximum absolute atomic E-state index is 4.99. The van der Waals surface area contributed by atoms with Gasteiger partial charge in [0.1, 0.15) is 0 Å². The minimum absolute atomic E-state index is 0.384. The van der Waals surface area contributed by atoms with E-state index in [0.29, 0.717) is 6.61 Å². The molecule has 0 amide bonds. The predicted octanol–water partition coefficient (Wildman–Crippen LogP) is 0.658. The van der Waals surface area contributed by atoms with Gasteiger partial charge < -0.3 is 0 Å². The Morgan fingerprint density at radius 2 is 2.07 bits per heavy atom. The fourth-order valence-electron chi connectivity index (χ4n) is 1.22. The first-order valence-electron chi connectivity index (χ1n) is 4.17. The molecular weight excluding hydrogens is 180 g/mol. The van der Waals surface area contributed by atoms with E-state index < -0.39 is 0 Å². The molecule has 2 N–H and O–H groups in total. The van der Waals surface area contributed by atoms with Crippen LogP contribution in [0.15, 0.2) is 36.7 Å². The van der Waals surface area contributed by atoms with Gasteiger partial charge in [-0.2, -0.15) is 15.0 Å². The Kier molecular flexibility index (Phi) is 2.53. The zero-order valence-corrected chi connectivity index (χ0v) is 7.50. The lowest BCUT2D eigenvalue weighted by Gasteiger charge is -2.02. The van der Waals surface area contributed by atoms with E-state index in [2.05, 4.69) is 15.0 Å². The van der Waals surface area contributed by atoms with Crippen LogP contribution in [-0.4, -0.2) is 15.0 Å². The first-order chi connectivity index (χ1) is 6.90. The average Bonchev–Trinajstić information content (AvgIpc) is 2.71. The highest BCUT2D eigenvalue weighted by Gasteiger charge is 1.98. The van der Waals surface area contributed by atoms with Crippen molar-refractivity contribution in [2.24, 2.45) is 5.90 Å². The molecule has 0 atom stereocenters. The van der Waals surface area contributed by atoms with Crippen molar-refractivity contribution in [1.82, 2.24) is 15.0 Å². The van der Waals surface area contributed by atoms with Crippen molar-refractivity contribution in [1.29, 1.82) is 0 Å². The van der Waals surface area contributed by atoms with E-state index in [1.807, 2.05) is 24.3 Å². The number of nitrogens with two attached hydrogens (primary N) is 1. The number of rotatable bonds is 3. The normalized spacial score (nSPS) is 10.4. The van der Waals surface area contributed by atoms with E-state index in [1.165, 1.54) is 0 Å². The van der Waals surface area contributed by atoms with Crippen molar-refractivity contribution in [3.8, 4) is 5.69 Å². The van der Waals surface area contributed by atoms with Crippen LogP contribution in [0.25, 0.3) is 5.69 Å². The fourth-order valence-corrected chi connectivity index (χ4v) is 1.22. The second-order valence-corrected chi connectivity index (χ2v) is 2.80. The molecule has 0 aliphatic heterocycles. The number of aromatic nitrogens is 3. The molecule has 0 saturated heterocycles.